The molecule has 0 fully saturated rings. The van der Waals surface area contributed by atoms with Crippen LogP contribution in [0.3, 0.4) is 0 Å². The number of furan rings is 1. The predicted octanol–water partition coefficient (Wildman–Crippen LogP) is 3.51. The van der Waals surface area contributed by atoms with Gasteiger partial charge in [0.25, 0.3) is 5.91 Å². The Morgan fingerprint density at radius 1 is 1.23 bits per heavy atom. The number of carbonyl (C=O) groups excluding carboxylic acids is 2. The summed E-state index contributed by atoms with van der Waals surface area (Å²) in [5.74, 6) is -1.12. The van der Waals surface area contributed by atoms with Gasteiger partial charge in [-0.2, -0.15) is 0 Å². The Balaban J connectivity index is 1.77. The molecule has 0 saturated carbocycles. The number of hydrogen-bond donors (Lipinski definition) is 1. The van der Waals surface area contributed by atoms with Gasteiger partial charge in [-0.3, -0.25) is 14.6 Å². The van der Waals surface area contributed by atoms with Crippen LogP contribution in [0.15, 0.2) is 76.1 Å². The molecule has 1 N–H and O–H groups in total. The van der Waals surface area contributed by atoms with Crippen LogP contribution in [0.2, 0.25) is 0 Å². The molecule has 26 heavy (non-hydrogen) atoms. The van der Waals surface area contributed by atoms with Crippen LogP contribution in [0, 0.1) is 0 Å². The SMILES string of the molecule is O=C(C1=C(O)C(=O)N(Cc2ccccn2)C1c1ccco1)c1cccs1. The van der Waals surface area contributed by atoms with E-state index in [0.29, 0.717) is 16.3 Å². The summed E-state index contributed by atoms with van der Waals surface area (Å²) in [5, 5.41) is 12.2. The highest BCUT2D eigenvalue weighted by molar-refractivity contribution is 7.12. The quantitative estimate of drug-likeness (QED) is 0.699. The van der Waals surface area contributed by atoms with Crippen molar-refractivity contribution in [3.63, 3.8) is 0 Å². The molecule has 0 aromatic carbocycles. The van der Waals surface area contributed by atoms with Crippen LogP contribution in [0.25, 0.3) is 0 Å². The molecule has 1 unspecified atom stereocenters. The molecule has 4 heterocycles. The van der Waals surface area contributed by atoms with Crippen molar-refractivity contribution in [2.24, 2.45) is 0 Å². The Morgan fingerprint density at radius 2 is 2.12 bits per heavy atom. The van der Waals surface area contributed by atoms with E-state index in [1.54, 1.807) is 48.0 Å². The number of hydrogen-bond acceptors (Lipinski definition) is 6. The number of ketones is 1. The summed E-state index contributed by atoms with van der Waals surface area (Å²) in [5.41, 5.74) is 0.679. The molecule has 0 radical (unpaired) electrons. The Kier molecular flexibility index (Phi) is 4.14. The van der Waals surface area contributed by atoms with Gasteiger partial charge in [-0.25, -0.2) is 0 Å². The Labute approximate surface area is 153 Å². The van der Waals surface area contributed by atoms with Crippen molar-refractivity contribution in [2.45, 2.75) is 12.6 Å². The zero-order chi connectivity index (χ0) is 18.1. The zero-order valence-electron chi connectivity index (χ0n) is 13.5. The fourth-order valence-corrected chi connectivity index (χ4v) is 3.68. The molecule has 1 atom stereocenters. The summed E-state index contributed by atoms with van der Waals surface area (Å²) in [6.45, 7) is 0.149. The number of thiophene rings is 1. The molecule has 0 saturated heterocycles. The lowest BCUT2D eigenvalue weighted by Crippen LogP contribution is -2.30. The zero-order valence-corrected chi connectivity index (χ0v) is 14.3. The first-order valence-electron chi connectivity index (χ1n) is 7.92. The van der Waals surface area contributed by atoms with Crippen LogP contribution in [-0.2, 0) is 11.3 Å². The molecule has 0 spiro atoms. The number of aliphatic hydroxyl groups is 1. The molecule has 1 aliphatic heterocycles. The van der Waals surface area contributed by atoms with Gasteiger partial charge in [-0.15, -0.1) is 11.3 Å². The van der Waals surface area contributed by atoms with E-state index in [1.807, 2.05) is 6.07 Å². The molecule has 1 aliphatic rings. The van der Waals surface area contributed by atoms with Crippen LogP contribution < -0.4 is 0 Å². The Hall–Kier alpha value is -3.19. The van der Waals surface area contributed by atoms with Crippen molar-refractivity contribution in [3.05, 3.63) is 88.0 Å². The van der Waals surface area contributed by atoms with Gasteiger partial charge in [0.05, 0.1) is 29.0 Å². The molecule has 0 bridgehead atoms. The van der Waals surface area contributed by atoms with Gasteiger partial charge in [-0.1, -0.05) is 12.1 Å². The summed E-state index contributed by atoms with van der Waals surface area (Å²) in [6, 6.07) is 11.4. The third kappa shape index (κ3) is 2.72. The number of pyridine rings is 1. The highest BCUT2D eigenvalue weighted by atomic mass is 32.1. The minimum atomic E-state index is -0.797. The molecular weight excluding hydrogens is 352 g/mol. The van der Waals surface area contributed by atoms with Crippen LogP contribution in [0.1, 0.15) is 27.2 Å². The lowest BCUT2D eigenvalue weighted by Gasteiger charge is -2.24. The van der Waals surface area contributed by atoms with Gasteiger partial charge in [0.2, 0.25) is 5.78 Å². The summed E-state index contributed by atoms with van der Waals surface area (Å²) in [7, 11) is 0. The first-order valence-corrected chi connectivity index (χ1v) is 8.80. The van der Waals surface area contributed by atoms with E-state index in [4.69, 9.17) is 4.42 Å². The normalized spacial score (nSPS) is 17.2. The molecule has 130 valence electrons. The van der Waals surface area contributed by atoms with Gasteiger partial charge in [0.1, 0.15) is 11.8 Å². The van der Waals surface area contributed by atoms with Crippen molar-refractivity contribution in [3.8, 4) is 0 Å². The van der Waals surface area contributed by atoms with Gasteiger partial charge in [-0.05, 0) is 35.7 Å². The molecule has 0 aliphatic carbocycles. The number of Topliss-reactive ketones (excluding diaryl/α,β-unsaturated/α-hetero) is 1. The van der Waals surface area contributed by atoms with Crippen LogP contribution in [-0.4, -0.2) is 26.7 Å². The fraction of sp³-hybridized carbons (Fsp3) is 0.105. The predicted molar refractivity (Wildman–Crippen MR) is 94.5 cm³/mol. The molecular formula is C19H14N2O4S. The monoisotopic (exact) mass is 366 g/mol. The largest absolute Gasteiger partial charge is 0.503 e. The maximum atomic E-state index is 12.9. The van der Waals surface area contributed by atoms with E-state index in [0.717, 1.165) is 0 Å². The number of nitrogens with zero attached hydrogens (tertiary/aromatic N) is 2. The maximum absolute atomic E-state index is 12.9. The summed E-state index contributed by atoms with van der Waals surface area (Å²) >= 11 is 1.26. The van der Waals surface area contributed by atoms with E-state index in [-0.39, 0.29) is 17.9 Å². The summed E-state index contributed by atoms with van der Waals surface area (Å²) in [6.07, 6.45) is 3.10. The summed E-state index contributed by atoms with van der Waals surface area (Å²) in [4.78, 5) is 31.7. The second-order valence-electron chi connectivity index (χ2n) is 5.74. The van der Waals surface area contributed by atoms with Gasteiger partial charge < -0.3 is 14.4 Å². The first kappa shape index (κ1) is 16.3. The smallest absolute Gasteiger partial charge is 0.290 e. The van der Waals surface area contributed by atoms with E-state index in [9.17, 15) is 14.7 Å². The number of aromatic nitrogens is 1. The number of rotatable bonds is 5. The standard InChI is InChI=1S/C19H14N2O4S/c22-17(14-7-4-10-26-14)15-16(13-6-3-9-25-13)21(19(24)18(15)23)11-12-5-1-2-8-20-12/h1-10,16,23H,11H2. The molecule has 4 rings (SSSR count). The molecule has 3 aromatic rings. The van der Waals surface area contributed by atoms with E-state index >= 15 is 0 Å². The fourth-order valence-electron chi connectivity index (χ4n) is 3.00. The van der Waals surface area contributed by atoms with E-state index in [2.05, 4.69) is 4.98 Å². The van der Waals surface area contributed by atoms with Crippen molar-refractivity contribution in [1.82, 2.24) is 9.88 Å². The minimum Gasteiger partial charge on any atom is -0.503 e. The molecule has 1 amide bonds. The maximum Gasteiger partial charge on any atom is 0.290 e. The van der Waals surface area contributed by atoms with E-state index < -0.39 is 17.7 Å². The second-order valence-corrected chi connectivity index (χ2v) is 6.69. The Bertz CT molecular complexity index is 962. The van der Waals surface area contributed by atoms with Crippen molar-refractivity contribution >= 4 is 23.0 Å². The molecule has 6 nitrogen and oxygen atoms in total. The average Bonchev–Trinajstić information content (AvgIpc) is 3.40. The summed E-state index contributed by atoms with van der Waals surface area (Å²) < 4.78 is 5.47. The highest BCUT2D eigenvalue weighted by Crippen LogP contribution is 2.40. The average molecular weight is 366 g/mol. The lowest BCUT2D eigenvalue weighted by atomic mass is 10.00. The second kappa shape index (κ2) is 6.61. The molecule has 3 aromatic heterocycles. The minimum absolute atomic E-state index is 0.0309. The lowest BCUT2D eigenvalue weighted by molar-refractivity contribution is -0.130. The third-order valence-electron chi connectivity index (χ3n) is 4.16. The Morgan fingerprint density at radius 3 is 2.77 bits per heavy atom. The third-order valence-corrected chi connectivity index (χ3v) is 5.03. The van der Waals surface area contributed by atoms with Crippen LogP contribution >= 0.6 is 11.3 Å². The van der Waals surface area contributed by atoms with Gasteiger partial charge in [0.15, 0.2) is 5.76 Å². The number of amides is 1. The van der Waals surface area contributed by atoms with Crippen LogP contribution in [0.4, 0.5) is 0 Å². The number of carbonyl (C=O) groups is 2. The van der Waals surface area contributed by atoms with Crippen molar-refractivity contribution in [1.29, 1.82) is 0 Å². The number of aliphatic hydroxyl groups excluding tert-OH is 1. The van der Waals surface area contributed by atoms with Gasteiger partial charge in [0, 0.05) is 6.20 Å². The van der Waals surface area contributed by atoms with Crippen molar-refractivity contribution < 1.29 is 19.1 Å². The first-order chi connectivity index (χ1) is 12.7. The highest BCUT2D eigenvalue weighted by Gasteiger charge is 2.45. The van der Waals surface area contributed by atoms with E-state index in [1.165, 1.54) is 22.5 Å². The van der Waals surface area contributed by atoms with Crippen LogP contribution in [0.5, 0.6) is 0 Å². The van der Waals surface area contributed by atoms with Gasteiger partial charge >= 0.3 is 0 Å². The van der Waals surface area contributed by atoms with Crippen molar-refractivity contribution in [2.75, 3.05) is 0 Å². The topological polar surface area (TPSA) is 83.6 Å². The molecule has 7 heteroatoms.